The van der Waals surface area contributed by atoms with Crippen molar-refractivity contribution >= 4 is 41.8 Å². The first kappa shape index (κ1) is 43.4. The van der Waals surface area contributed by atoms with Crippen molar-refractivity contribution in [1.82, 2.24) is 0 Å². The summed E-state index contributed by atoms with van der Waals surface area (Å²) in [4.78, 5) is 90.5. The van der Waals surface area contributed by atoms with Crippen molar-refractivity contribution in [3.05, 3.63) is 60.2 Å². The average molecular weight is 759 g/mol. The molecule has 0 amide bonds. The monoisotopic (exact) mass is 758 g/mol. The van der Waals surface area contributed by atoms with Crippen LogP contribution in [0.4, 0.5) is 0 Å². The topological polar surface area (TPSA) is 204 Å². The van der Waals surface area contributed by atoms with Crippen LogP contribution in [0.5, 0.6) is 0 Å². The van der Waals surface area contributed by atoms with E-state index in [0.717, 1.165) is 41.5 Å². The van der Waals surface area contributed by atoms with E-state index in [0.29, 0.717) is 0 Å². The maximum absolute atomic E-state index is 13.8. The Labute approximate surface area is 314 Å². The largest absolute Gasteiger partial charge is 0.459 e. The lowest BCUT2D eigenvalue weighted by molar-refractivity contribution is -0.198. The van der Waals surface area contributed by atoms with Crippen molar-refractivity contribution in [2.24, 2.45) is 17.3 Å². The van der Waals surface area contributed by atoms with Gasteiger partial charge < -0.3 is 38.3 Å². The second-order valence-corrected chi connectivity index (χ2v) is 14.6. The van der Waals surface area contributed by atoms with E-state index < -0.39 is 113 Å². The molecule has 1 fully saturated rings. The summed E-state index contributed by atoms with van der Waals surface area (Å²) < 4.78 is 40.9. The summed E-state index contributed by atoms with van der Waals surface area (Å²) in [6, 6.07) is 7.75. The maximum atomic E-state index is 13.8. The SMILES string of the molecule is C=C1[C@H](OC(C)=O)[C@@H](OC(C)=O)[C@@H](OC(C)=O)C(C)(C)/C=C\[C@H](C)[C@H](OC(C)=O)[C@@]2(O)C[C@@](C)(OC(C)=O)[C@H](OC(=O)c3ccccc3)[C@@H]2[C@H]1OC(C)=O. The highest BCUT2D eigenvalue weighted by Gasteiger charge is 2.70. The lowest BCUT2D eigenvalue weighted by Gasteiger charge is -2.46. The van der Waals surface area contributed by atoms with E-state index in [1.54, 1.807) is 51.1 Å². The van der Waals surface area contributed by atoms with Crippen molar-refractivity contribution in [3.8, 4) is 0 Å². The fourth-order valence-corrected chi connectivity index (χ4v) is 7.50. The number of rotatable bonds is 8. The Morgan fingerprint density at radius 3 is 1.67 bits per heavy atom. The van der Waals surface area contributed by atoms with E-state index in [1.165, 1.54) is 19.1 Å². The number of fused-ring (bicyclic) bond motifs is 1. The quantitative estimate of drug-likeness (QED) is 0.228. The summed E-state index contributed by atoms with van der Waals surface area (Å²) in [5, 5.41) is 13.2. The van der Waals surface area contributed by atoms with Crippen LogP contribution in [-0.2, 0) is 61.9 Å². The molecule has 2 aliphatic rings. The van der Waals surface area contributed by atoms with Gasteiger partial charge in [-0.1, -0.05) is 57.7 Å². The van der Waals surface area contributed by atoms with E-state index >= 15 is 0 Å². The second kappa shape index (κ2) is 17.0. The first-order valence-corrected chi connectivity index (χ1v) is 17.4. The van der Waals surface area contributed by atoms with Gasteiger partial charge in [0.2, 0.25) is 0 Å². The van der Waals surface area contributed by atoms with Crippen LogP contribution in [0, 0.1) is 17.3 Å². The van der Waals surface area contributed by atoms with E-state index in [9.17, 15) is 38.7 Å². The molecule has 2 aliphatic carbocycles. The molecule has 296 valence electrons. The maximum Gasteiger partial charge on any atom is 0.338 e. The lowest BCUT2D eigenvalue weighted by atomic mass is 9.71. The van der Waals surface area contributed by atoms with Gasteiger partial charge in [-0.2, -0.15) is 0 Å². The molecule has 15 heteroatoms. The van der Waals surface area contributed by atoms with Gasteiger partial charge in [-0.05, 0) is 19.1 Å². The predicted octanol–water partition coefficient (Wildman–Crippen LogP) is 3.73. The minimum absolute atomic E-state index is 0.0705. The van der Waals surface area contributed by atoms with Crippen LogP contribution < -0.4 is 0 Å². The minimum Gasteiger partial charge on any atom is -0.459 e. The zero-order valence-electron chi connectivity index (χ0n) is 32.2. The number of carbonyl (C=O) groups is 7. The Morgan fingerprint density at radius 1 is 0.667 bits per heavy atom. The zero-order valence-corrected chi connectivity index (χ0v) is 32.2. The Kier molecular flexibility index (Phi) is 13.6. The summed E-state index contributed by atoms with van der Waals surface area (Å²) >= 11 is 0. The third kappa shape index (κ3) is 9.92. The number of hydrogen-bond acceptors (Lipinski definition) is 15. The van der Waals surface area contributed by atoms with Crippen LogP contribution in [0.15, 0.2) is 54.6 Å². The summed E-state index contributed by atoms with van der Waals surface area (Å²) in [7, 11) is 0. The van der Waals surface area contributed by atoms with E-state index in [-0.39, 0.29) is 11.1 Å². The fourth-order valence-electron chi connectivity index (χ4n) is 7.50. The van der Waals surface area contributed by atoms with Crippen LogP contribution in [0.2, 0.25) is 0 Å². The fraction of sp³-hybridized carbons (Fsp3) is 0.564. The summed E-state index contributed by atoms with van der Waals surface area (Å²) in [6.07, 6.45) is -7.30. The van der Waals surface area contributed by atoms with Crippen molar-refractivity contribution in [2.45, 2.75) is 123 Å². The lowest BCUT2D eigenvalue weighted by Crippen LogP contribution is -2.60. The number of ether oxygens (including phenoxy) is 7. The first-order valence-electron chi connectivity index (χ1n) is 17.4. The molecule has 54 heavy (non-hydrogen) atoms. The van der Waals surface area contributed by atoms with Gasteiger partial charge in [0.05, 0.1) is 11.5 Å². The summed E-state index contributed by atoms with van der Waals surface area (Å²) in [5.41, 5.74) is -5.80. The van der Waals surface area contributed by atoms with Crippen molar-refractivity contribution in [1.29, 1.82) is 0 Å². The summed E-state index contributed by atoms with van der Waals surface area (Å²) in [5.74, 6) is -8.76. The van der Waals surface area contributed by atoms with E-state index in [4.69, 9.17) is 33.2 Å². The molecule has 1 saturated carbocycles. The van der Waals surface area contributed by atoms with E-state index in [2.05, 4.69) is 6.58 Å². The molecule has 0 radical (unpaired) electrons. The Hall–Kier alpha value is -5.05. The normalized spacial score (nSPS) is 32.5. The third-order valence-electron chi connectivity index (χ3n) is 9.42. The van der Waals surface area contributed by atoms with Gasteiger partial charge in [0.15, 0.2) is 24.4 Å². The van der Waals surface area contributed by atoms with Crippen molar-refractivity contribution in [3.63, 3.8) is 0 Å². The highest BCUT2D eigenvalue weighted by Crippen LogP contribution is 2.54. The molecule has 0 saturated heterocycles. The molecule has 15 nitrogen and oxygen atoms in total. The highest BCUT2D eigenvalue weighted by molar-refractivity contribution is 5.89. The van der Waals surface area contributed by atoms with Gasteiger partial charge >= 0.3 is 41.8 Å². The molecule has 0 bridgehead atoms. The minimum atomic E-state index is -2.39. The first-order chi connectivity index (χ1) is 24.9. The van der Waals surface area contributed by atoms with Crippen LogP contribution in [-0.4, -0.2) is 94.7 Å². The van der Waals surface area contributed by atoms with Gasteiger partial charge in [0, 0.05) is 64.9 Å². The Bertz CT molecular complexity index is 1660. The molecule has 3 rings (SSSR count). The molecule has 0 spiro atoms. The smallest absolute Gasteiger partial charge is 0.338 e. The molecular weight excluding hydrogens is 708 g/mol. The van der Waals surface area contributed by atoms with Crippen LogP contribution >= 0.6 is 0 Å². The van der Waals surface area contributed by atoms with Gasteiger partial charge in [-0.15, -0.1) is 0 Å². The van der Waals surface area contributed by atoms with Gasteiger partial charge in [0.1, 0.15) is 23.4 Å². The Morgan fingerprint density at radius 2 is 1.17 bits per heavy atom. The van der Waals surface area contributed by atoms with Crippen molar-refractivity contribution < 1.29 is 71.8 Å². The average Bonchev–Trinajstić information content (AvgIpc) is 3.25. The Balaban J connectivity index is 2.56. The number of hydrogen-bond donors (Lipinski definition) is 1. The van der Waals surface area contributed by atoms with Gasteiger partial charge in [0.25, 0.3) is 0 Å². The van der Waals surface area contributed by atoms with Gasteiger partial charge in [-0.25, -0.2) is 4.79 Å². The van der Waals surface area contributed by atoms with Gasteiger partial charge in [-0.3, -0.25) is 28.8 Å². The molecule has 0 aliphatic heterocycles. The molecule has 1 N–H and O–H groups in total. The molecule has 0 unspecified atom stereocenters. The number of aliphatic hydroxyl groups is 1. The number of esters is 7. The van der Waals surface area contributed by atoms with Crippen LogP contribution in [0.25, 0.3) is 0 Å². The molecule has 0 heterocycles. The van der Waals surface area contributed by atoms with E-state index in [1.807, 2.05) is 0 Å². The molecule has 1 aromatic rings. The van der Waals surface area contributed by atoms with Crippen LogP contribution in [0.1, 0.15) is 86.0 Å². The summed E-state index contributed by atoms with van der Waals surface area (Å²) in [6.45, 7) is 16.9. The number of carbonyl (C=O) groups excluding carboxylic acids is 7. The molecule has 1 aromatic carbocycles. The highest BCUT2D eigenvalue weighted by atomic mass is 16.6. The molecule has 10 atom stereocenters. The number of benzene rings is 1. The van der Waals surface area contributed by atoms with Crippen molar-refractivity contribution in [2.75, 3.05) is 0 Å². The molecule has 0 aromatic heterocycles. The standard InChI is InChI=1S/C39H50O15/c1-20-17-18-37(9,10)35(52-26(7)44)32(50-24(5)42)31(49-23(4)41)21(2)30(48-22(3)40)29-34(53-36(46)28-15-13-12-14-16-28)38(11,54-27(8)45)19-39(29,47)33(20)51-25(6)43/h12-18,20,29-35,47H,2,19H2,1,3-11H3/b18-17-/t20-,29-,30-,31-,32+,33-,34+,35+,38+,39+/m0/s1. The third-order valence-corrected chi connectivity index (χ3v) is 9.42. The molecular formula is C39H50O15. The zero-order chi connectivity index (χ0) is 40.9. The second-order valence-electron chi connectivity index (χ2n) is 14.6. The predicted molar refractivity (Wildman–Crippen MR) is 188 cm³/mol. The van der Waals surface area contributed by atoms with Crippen LogP contribution in [0.3, 0.4) is 0 Å².